The van der Waals surface area contributed by atoms with E-state index in [-0.39, 0.29) is 29.8 Å². The van der Waals surface area contributed by atoms with Crippen LogP contribution in [0.25, 0.3) is 5.69 Å². The van der Waals surface area contributed by atoms with Gasteiger partial charge >= 0.3 is 0 Å². The molecule has 3 aromatic rings. The molecular weight excluding hydrogens is 458 g/mol. The molecule has 3 rings (SSSR count). The maximum atomic E-state index is 12.9. The Morgan fingerprint density at radius 3 is 2.26 bits per heavy atom. The van der Waals surface area contributed by atoms with Gasteiger partial charge in [0.05, 0.1) is 16.3 Å². The first-order valence-corrected chi connectivity index (χ1v) is 11.1. The molecule has 0 spiro atoms. The lowest BCUT2D eigenvalue weighted by Crippen LogP contribution is -2.38. The van der Waals surface area contributed by atoms with Gasteiger partial charge in [0.15, 0.2) is 0 Å². The first-order valence-electron chi connectivity index (χ1n) is 10.7. The Hall–Kier alpha value is -3.72. The van der Waals surface area contributed by atoms with Crippen LogP contribution in [0.2, 0.25) is 5.02 Å². The topological polar surface area (TPSA) is 110 Å². The Morgan fingerprint density at radius 1 is 1.12 bits per heavy atom. The molecule has 0 saturated carbocycles. The second-order valence-electron chi connectivity index (χ2n) is 8.72. The number of likely N-dealkylation sites (N-methyl/N-ethyl adjacent to an activating group) is 1. The van der Waals surface area contributed by atoms with E-state index in [0.717, 1.165) is 11.4 Å². The maximum absolute atomic E-state index is 12.9. The van der Waals surface area contributed by atoms with E-state index in [4.69, 9.17) is 11.6 Å². The van der Waals surface area contributed by atoms with Crippen molar-refractivity contribution in [3.63, 3.8) is 0 Å². The van der Waals surface area contributed by atoms with Crippen LogP contribution in [0, 0.1) is 10.1 Å². The molecule has 178 valence electrons. The van der Waals surface area contributed by atoms with Crippen LogP contribution < -0.4 is 5.32 Å². The van der Waals surface area contributed by atoms with Crippen LogP contribution in [-0.2, 0) is 10.2 Å². The van der Waals surface area contributed by atoms with Gasteiger partial charge in [0, 0.05) is 40.7 Å². The van der Waals surface area contributed by atoms with Gasteiger partial charge < -0.3 is 10.2 Å². The highest BCUT2D eigenvalue weighted by Crippen LogP contribution is 2.27. The van der Waals surface area contributed by atoms with Crippen LogP contribution in [-0.4, -0.2) is 44.5 Å². The number of hydrogen-bond acceptors (Lipinski definition) is 5. The molecule has 34 heavy (non-hydrogen) atoms. The van der Waals surface area contributed by atoms with Gasteiger partial charge in [-0.15, -0.1) is 0 Å². The zero-order valence-corrected chi connectivity index (χ0v) is 20.2. The average Bonchev–Trinajstić information content (AvgIpc) is 3.21. The lowest BCUT2D eigenvalue weighted by molar-refractivity contribution is -0.384. The molecule has 2 amide bonds. The summed E-state index contributed by atoms with van der Waals surface area (Å²) in [5, 5.41) is 18.9. The third kappa shape index (κ3) is 5.79. The summed E-state index contributed by atoms with van der Waals surface area (Å²) in [7, 11) is 0. The standard InChI is InChI=1S/C24H26ClN5O4/c1-5-28(23(32)16-6-10-19(11-7-16)30(33)34)15-22(31)26-21-14-20(24(2,3)4)27-29(21)18-12-8-17(25)9-13-18/h6-14H,5,15H2,1-4H3,(H,26,31). The summed E-state index contributed by atoms with van der Waals surface area (Å²) in [4.78, 5) is 37.4. The third-order valence-electron chi connectivity index (χ3n) is 5.14. The van der Waals surface area contributed by atoms with Gasteiger partial charge in [-0.3, -0.25) is 19.7 Å². The van der Waals surface area contributed by atoms with Crippen molar-refractivity contribution in [3.05, 3.63) is 81.0 Å². The molecule has 2 aromatic carbocycles. The highest BCUT2D eigenvalue weighted by atomic mass is 35.5. The molecule has 1 N–H and O–H groups in total. The lowest BCUT2D eigenvalue weighted by Gasteiger charge is -2.20. The molecule has 1 aromatic heterocycles. The fourth-order valence-electron chi connectivity index (χ4n) is 3.21. The Bertz CT molecular complexity index is 1200. The average molecular weight is 484 g/mol. The van der Waals surface area contributed by atoms with E-state index in [2.05, 4.69) is 10.4 Å². The van der Waals surface area contributed by atoms with Crippen molar-refractivity contribution in [2.75, 3.05) is 18.4 Å². The molecule has 0 aliphatic heterocycles. The van der Waals surface area contributed by atoms with Gasteiger partial charge in [0.1, 0.15) is 12.4 Å². The number of carbonyl (C=O) groups excluding carboxylic acids is 2. The molecule has 0 bridgehead atoms. The van der Waals surface area contributed by atoms with Gasteiger partial charge in [0.2, 0.25) is 5.91 Å². The van der Waals surface area contributed by atoms with Crippen LogP contribution in [0.5, 0.6) is 0 Å². The highest BCUT2D eigenvalue weighted by molar-refractivity contribution is 6.30. The Kier molecular flexibility index (Phi) is 7.36. The second-order valence-corrected chi connectivity index (χ2v) is 9.16. The van der Waals surface area contributed by atoms with Crippen molar-refractivity contribution in [1.82, 2.24) is 14.7 Å². The normalized spacial score (nSPS) is 11.2. The Labute approximate surface area is 202 Å². The van der Waals surface area contributed by atoms with Crippen LogP contribution >= 0.6 is 11.6 Å². The van der Waals surface area contributed by atoms with Crippen LogP contribution in [0.15, 0.2) is 54.6 Å². The minimum Gasteiger partial charge on any atom is -0.330 e. The molecule has 0 radical (unpaired) electrons. The largest absolute Gasteiger partial charge is 0.330 e. The monoisotopic (exact) mass is 483 g/mol. The quantitative estimate of drug-likeness (QED) is 0.382. The predicted molar refractivity (Wildman–Crippen MR) is 131 cm³/mol. The number of aromatic nitrogens is 2. The van der Waals surface area contributed by atoms with Crippen molar-refractivity contribution in [3.8, 4) is 5.69 Å². The first-order chi connectivity index (χ1) is 16.0. The van der Waals surface area contributed by atoms with E-state index in [0.29, 0.717) is 10.8 Å². The summed E-state index contributed by atoms with van der Waals surface area (Å²) in [5.74, 6) is -0.321. The summed E-state index contributed by atoms with van der Waals surface area (Å²) >= 11 is 6.01. The molecule has 0 aliphatic carbocycles. The molecule has 0 unspecified atom stereocenters. The molecular formula is C24H26ClN5O4. The fourth-order valence-corrected chi connectivity index (χ4v) is 3.33. The van der Waals surface area contributed by atoms with Crippen molar-refractivity contribution in [2.24, 2.45) is 0 Å². The van der Waals surface area contributed by atoms with Crippen LogP contribution in [0.3, 0.4) is 0 Å². The van der Waals surface area contributed by atoms with Gasteiger partial charge in [-0.1, -0.05) is 32.4 Å². The zero-order chi connectivity index (χ0) is 25.0. The Balaban J connectivity index is 1.81. The molecule has 0 fully saturated rings. The zero-order valence-electron chi connectivity index (χ0n) is 19.4. The van der Waals surface area contributed by atoms with Gasteiger partial charge in [-0.05, 0) is 43.3 Å². The summed E-state index contributed by atoms with van der Waals surface area (Å²) in [5.41, 5.74) is 1.42. The molecule has 10 heteroatoms. The number of nitrogens with one attached hydrogen (secondary N) is 1. The smallest absolute Gasteiger partial charge is 0.269 e. The summed E-state index contributed by atoms with van der Waals surface area (Å²) in [6, 6.07) is 14.2. The van der Waals surface area contributed by atoms with Crippen LogP contribution in [0.1, 0.15) is 43.7 Å². The molecule has 0 aliphatic rings. The number of nitro benzene ring substituents is 1. The van der Waals surface area contributed by atoms with E-state index in [1.165, 1.54) is 29.2 Å². The molecule has 0 atom stereocenters. The van der Waals surface area contributed by atoms with E-state index in [9.17, 15) is 19.7 Å². The highest BCUT2D eigenvalue weighted by Gasteiger charge is 2.23. The van der Waals surface area contributed by atoms with E-state index >= 15 is 0 Å². The number of benzene rings is 2. The summed E-state index contributed by atoms with van der Waals surface area (Å²) in [6.07, 6.45) is 0. The van der Waals surface area contributed by atoms with Crippen molar-refractivity contribution in [2.45, 2.75) is 33.1 Å². The second kappa shape index (κ2) is 10.0. The number of carbonyl (C=O) groups is 2. The summed E-state index contributed by atoms with van der Waals surface area (Å²) < 4.78 is 1.63. The predicted octanol–water partition coefficient (Wildman–Crippen LogP) is 4.83. The maximum Gasteiger partial charge on any atom is 0.269 e. The number of hydrogen-bond donors (Lipinski definition) is 1. The van der Waals surface area contributed by atoms with Crippen molar-refractivity contribution < 1.29 is 14.5 Å². The molecule has 0 saturated heterocycles. The number of amides is 2. The first kappa shape index (κ1) is 24.9. The molecule has 9 nitrogen and oxygen atoms in total. The van der Waals surface area contributed by atoms with Crippen molar-refractivity contribution >= 4 is 34.9 Å². The molecule has 1 heterocycles. The van der Waals surface area contributed by atoms with Gasteiger partial charge in [-0.25, -0.2) is 4.68 Å². The number of non-ortho nitro benzene ring substituents is 1. The number of rotatable bonds is 7. The summed E-state index contributed by atoms with van der Waals surface area (Å²) in [6.45, 7) is 7.92. The Morgan fingerprint density at radius 2 is 1.74 bits per heavy atom. The fraction of sp³-hybridized carbons (Fsp3) is 0.292. The van der Waals surface area contributed by atoms with Gasteiger partial charge in [0.25, 0.3) is 11.6 Å². The van der Waals surface area contributed by atoms with E-state index in [1.54, 1.807) is 41.9 Å². The number of anilines is 1. The lowest BCUT2D eigenvalue weighted by atomic mass is 9.92. The van der Waals surface area contributed by atoms with E-state index < -0.39 is 16.7 Å². The minimum atomic E-state index is -0.533. The number of nitrogens with zero attached hydrogens (tertiary/aromatic N) is 4. The van der Waals surface area contributed by atoms with Gasteiger partial charge in [-0.2, -0.15) is 5.10 Å². The third-order valence-corrected chi connectivity index (χ3v) is 5.40. The van der Waals surface area contributed by atoms with E-state index in [1.807, 2.05) is 20.8 Å². The number of halogens is 1. The minimum absolute atomic E-state index is 0.109. The SMILES string of the molecule is CCN(CC(=O)Nc1cc(C(C)(C)C)nn1-c1ccc(Cl)cc1)C(=O)c1ccc([N+](=O)[O-])cc1. The van der Waals surface area contributed by atoms with Crippen molar-refractivity contribution in [1.29, 1.82) is 0 Å². The number of nitro groups is 1. The van der Waals surface area contributed by atoms with Crippen LogP contribution in [0.4, 0.5) is 11.5 Å².